The zero-order valence-corrected chi connectivity index (χ0v) is 14.1. The summed E-state index contributed by atoms with van der Waals surface area (Å²) >= 11 is 0. The molecule has 1 fully saturated rings. The first-order valence-corrected chi connectivity index (χ1v) is 8.31. The lowest BCUT2D eigenvalue weighted by Gasteiger charge is -2.17. The van der Waals surface area contributed by atoms with E-state index < -0.39 is 24.5 Å². The predicted molar refractivity (Wildman–Crippen MR) is 95.1 cm³/mol. The fourth-order valence-corrected chi connectivity index (χ4v) is 3.42. The molecule has 1 aliphatic rings. The molecule has 0 radical (unpaired) electrons. The normalized spacial score (nSPS) is 25.8. The second-order valence-electron chi connectivity index (χ2n) is 6.46. The van der Waals surface area contributed by atoms with E-state index in [0.717, 1.165) is 22.2 Å². The molecule has 2 aromatic heterocycles. The zero-order valence-electron chi connectivity index (χ0n) is 14.1. The van der Waals surface area contributed by atoms with Crippen LogP contribution in [0.25, 0.3) is 22.2 Å². The number of aromatic nitrogens is 3. The Morgan fingerprint density at radius 1 is 1.15 bits per heavy atom. The van der Waals surface area contributed by atoms with Crippen LogP contribution in [-0.4, -0.2) is 54.8 Å². The number of nitrogens with zero attached hydrogens (tertiary/aromatic N) is 3. The number of anilines is 1. The van der Waals surface area contributed by atoms with E-state index in [9.17, 15) is 15.3 Å². The fraction of sp³-hybridized carbons (Fsp3) is 0.333. The lowest BCUT2D eigenvalue weighted by atomic mass is 10.0. The van der Waals surface area contributed by atoms with Gasteiger partial charge in [-0.25, -0.2) is 9.97 Å². The van der Waals surface area contributed by atoms with Gasteiger partial charge in [-0.15, -0.1) is 0 Å². The summed E-state index contributed by atoms with van der Waals surface area (Å²) in [4.78, 5) is 8.63. The molecule has 0 saturated carbocycles. The maximum atomic E-state index is 10.4. The predicted octanol–water partition coefficient (Wildman–Crippen LogP) is 0.600. The summed E-state index contributed by atoms with van der Waals surface area (Å²) in [5, 5.41) is 30.6. The van der Waals surface area contributed by atoms with Gasteiger partial charge in [0.15, 0.2) is 6.23 Å². The molecule has 0 amide bonds. The Bertz CT molecular complexity index is 940. The number of aryl methyl sites for hydroxylation is 1. The molecule has 5 N–H and O–H groups in total. The van der Waals surface area contributed by atoms with Crippen LogP contribution in [0.5, 0.6) is 0 Å². The minimum atomic E-state index is -1.18. The molecule has 1 saturated heterocycles. The first-order valence-electron chi connectivity index (χ1n) is 8.31. The van der Waals surface area contributed by atoms with Crippen LogP contribution in [0.4, 0.5) is 5.69 Å². The average Bonchev–Trinajstić information content (AvgIpc) is 3.15. The molecular formula is C18H20N4O4. The van der Waals surface area contributed by atoms with Gasteiger partial charge in [-0.2, -0.15) is 0 Å². The van der Waals surface area contributed by atoms with E-state index in [0.29, 0.717) is 11.3 Å². The highest BCUT2D eigenvalue weighted by atomic mass is 16.6. The number of nitrogens with two attached hydrogens (primary N) is 1. The number of aliphatic hydroxyl groups is 3. The first kappa shape index (κ1) is 16.9. The van der Waals surface area contributed by atoms with Crippen LogP contribution in [0.3, 0.4) is 0 Å². The highest BCUT2D eigenvalue weighted by Gasteiger charge is 2.44. The zero-order chi connectivity index (χ0) is 18.4. The number of rotatable bonds is 3. The molecular weight excluding hydrogens is 336 g/mol. The van der Waals surface area contributed by atoms with E-state index in [1.54, 1.807) is 4.57 Å². The van der Waals surface area contributed by atoms with Gasteiger partial charge in [0.2, 0.25) is 0 Å². The van der Waals surface area contributed by atoms with E-state index in [2.05, 4.69) is 9.97 Å². The highest BCUT2D eigenvalue weighted by Crippen LogP contribution is 2.37. The number of benzene rings is 1. The Morgan fingerprint density at radius 2 is 1.88 bits per heavy atom. The van der Waals surface area contributed by atoms with E-state index >= 15 is 0 Å². The van der Waals surface area contributed by atoms with Crippen LogP contribution in [0.1, 0.15) is 11.9 Å². The lowest BCUT2D eigenvalue weighted by Crippen LogP contribution is -2.33. The van der Waals surface area contributed by atoms with Crippen LogP contribution in [0.2, 0.25) is 0 Å². The van der Waals surface area contributed by atoms with Crippen molar-refractivity contribution >= 4 is 16.7 Å². The third kappa shape index (κ3) is 2.55. The molecule has 8 nitrogen and oxygen atoms in total. The van der Waals surface area contributed by atoms with Crippen LogP contribution >= 0.6 is 0 Å². The van der Waals surface area contributed by atoms with Gasteiger partial charge in [0.05, 0.1) is 12.3 Å². The first-order chi connectivity index (χ1) is 12.5. The Kier molecular flexibility index (Phi) is 4.12. The van der Waals surface area contributed by atoms with Crippen molar-refractivity contribution in [2.24, 2.45) is 0 Å². The summed E-state index contributed by atoms with van der Waals surface area (Å²) in [6, 6.07) is 7.42. The highest BCUT2D eigenvalue weighted by molar-refractivity contribution is 5.95. The molecule has 26 heavy (non-hydrogen) atoms. The monoisotopic (exact) mass is 356 g/mol. The molecule has 8 heteroatoms. The fourth-order valence-electron chi connectivity index (χ4n) is 3.42. The Morgan fingerprint density at radius 3 is 2.54 bits per heavy atom. The number of hydrogen-bond donors (Lipinski definition) is 4. The number of ether oxygens (including phenoxy) is 1. The van der Waals surface area contributed by atoms with Gasteiger partial charge in [0, 0.05) is 22.8 Å². The number of hydrogen-bond acceptors (Lipinski definition) is 7. The van der Waals surface area contributed by atoms with Crippen molar-refractivity contribution in [1.82, 2.24) is 14.5 Å². The lowest BCUT2D eigenvalue weighted by molar-refractivity contribution is -0.0508. The number of fused-ring (bicyclic) bond motifs is 1. The minimum Gasteiger partial charge on any atom is -0.399 e. The van der Waals surface area contributed by atoms with E-state index in [4.69, 9.17) is 10.5 Å². The molecule has 3 aromatic rings. The van der Waals surface area contributed by atoms with Gasteiger partial charge in [-0.3, -0.25) is 0 Å². The van der Waals surface area contributed by atoms with Crippen molar-refractivity contribution in [3.63, 3.8) is 0 Å². The summed E-state index contributed by atoms with van der Waals surface area (Å²) in [5.41, 5.74) is 9.60. The third-order valence-corrected chi connectivity index (χ3v) is 4.81. The largest absolute Gasteiger partial charge is 0.399 e. The van der Waals surface area contributed by atoms with Gasteiger partial charge in [-0.05, 0) is 24.6 Å². The summed E-state index contributed by atoms with van der Waals surface area (Å²) in [5.74, 6) is 0. The SMILES string of the molecule is Cc1ncnc2c1c(-c1ccc(N)cc1)cn2[C@@H]1O[C@H](CO)[C@@H](O)[C@H]1O. The molecule has 4 atom stereocenters. The van der Waals surface area contributed by atoms with Crippen LogP contribution < -0.4 is 5.73 Å². The van der Waals surface area contributed by atoms with Crippen molar-refractivity contribution in [2.45, 2.75) is 31.5 Å². The van der Waals surface area contributed by atoms with Crippen molar-refractivity contribution in [1.29, 1.82) is 0 Å². The van der Waals surface area contributed by atoms with E-state index in [1.165, 1.54) is 6.33 Å². The molecule has 4 rings (SSSR count). The second kappa shape index (κ2) is 6.33. The summed E-state index contributed by atoms with van der Waals surface area (Å²) in [6.45, 7) is 1.50. The van der Waals surface area contributed by atoms with Gasteiger partial charge < -0.3 is 30.4 Å². The van der Waals surface area contributed by atoms with Crippen LogP contribution in [0.15, 0.2) is 36.8 Å². The van der Waals surface area contributed by atoms with Crippen molar-refractivity contribution in [2.75, 3.05) is 12.3 Å². The number of nitrogen functional groups attached to an aromatic ring is 1. The molecule has 1 aromatic carbocycles. The van der Waals surface area contributed by atoms with Crippen LogP contribution in [0, 0.1) is 6.92 Å². The van der Waals surface area contributed by atoms with Gasteiger partial charge in [-0.1, -0.05) is 12.1 Å². The van der Waals surface area contributed by atoms with E-state index in [1.807, 2.05) is 37.4 Å². The topological polar surface area (TPSA) is 127 Å². The Balaban J connectivity index is 1.89. The number of aliphatic hydroxyl groups excluding tert-OH is 3. The molecule has 0 bridgehead atoms. The van der Waals surface area contributed by atoms with Crippen molar-refractivity contribution in [3.05, 3.63) is 42.5 Å². The van der Waals surface area contributed by atoms with E-state index in [-0.39, 0.29) is 6.61 Å². The quantitative estimate of drug-likeness (QED) is 0.506. The molecule has 3 heterocycles. The van der Waals surface area contributed by atoms with Crippen molar-refractivity contribution < 1.29 is 20.1 Å². The van der Waals surface area contributed by atoms with Crippen molar-refractivity contribution in [3.8, 4) is 11.1 Å². The maximum absolute atomic E-state index is 10.4. The van der Waals surface area contributed by atoms with Gasteiger partial charge in [0.25, 0.3) is 0 Å². The third-order valence-electron chi connectivity index (χ3n) is 4.81. The average molecular weight is 356 g/mol. The maximum Gasteiger partial charge on any atom is 0.164 e. The molecule has 1 aliphatic heterocycles. The Labute approximate surface area is 149 Å². The summed E-state index contributed by atoms with van der Waals surface area (Å²) in [7, 11) is 0. The second-order valence-corrected chi connectivity index (χ2v) is 6.46. The van der Waals surface area contributed by atoms with Crippen LogP contribution in [-0.2, 0) is 4.74 Å². The summed E-state index contributed by atoms with van der Waals surface area (Å²) in [6.07, 6.45) is -0.806. The Hall–Kier alpha value is -2.52. The molecule has 0 aliphatic carbocycles. The smallest absolute Gasteiger partial charge is 0.164 e. The molecule has 0 spiro atoms. The standard InChI is InChI=1S/C18H20N4O4/c1-9-14-12(10-2-4-11(19)5-3-10)6-22(17(14)21-8-20-9)18-16(25)15(24)13(7-23)26-18/h2-6,8,13,15-16,18,23-25H,7,19H2,1H3/t13-,15-,16-,18-/m1/s1. The molecule has 0 unspecified atom stereocenters. The summed E-state index contributed by atoms with van der Waals surface area (Å²) < 4.78 is 7.35. The minimum absolute atomic E-state index is 0.382. The molecule has 136 valence electrons. The van der Waals surface area contributed by atoms with Gasteiger partial charge in [0.1, 0.15) is 30.3 Å². The van der Waals surface area contributed by atoms with Gasteiger partial charge >= 0.3 is 0 Å².